The first-order valence-electron chi connectivity index (χ1n) is 13.0. The SMILES string of the molecule is O=C(Cn1c(=O)n(-c2ccccn2)c2ccccc21)Nc1ccc2c(c1)C[C@@]1(C2)N=C(c2ccccc2)NC1=O. The summed E-state index contributed by atoms with van der Waals surface area (Å²) in [7, 11) is 0. The molecule has 0 radical (unpaired) electrons. The zero-order valence-electron chi connectivity index (χ0n) is 21.4. The van der Waals surface area contributed by atoms with Gasteiger partial charge in [-0.3, -0.25) is 19.1 Å². The maximum Gasteiger partial charge on any atom is 0.335 e. The van der Waals surface area contributed by atoms with Crippen molar-refractivity contribution in [2.24, 2.45) is 4.99 Å². The highest BCUT2D eigenvalue weighted by molar-refractivity contribution is 6.15. The molecular weight excluding hydrogens is 504 g/mol. The average Bonchev–Trinajstić information content (AvgIpc) is 3.60. The predicted molar refractivity (Wildman–Crippen MR) is 152 cm³/mol. The molecule has 0 saturated carbocycles. The third-order valence-corrected chi connectivity index (χ3v) is 7.50. The summed E-state index contributed by atoms with van der Waals surface area (Å²) in [6.07, 6.45) is 2.58. The number of pyridine rings is 1. The molecule has 1 atom stereocenters. The van der Waals surface area contributed by atoms with Crippen molar-refractivity contribution in [1.29, 1.82) is 0 Å². The average molecular weight is 529 g/mol. The molecule has 5 aromatic rings. The highest BCUT2D eigenvalue weighted by Gasteiger charge is 2.48. The zero-order chi connectivity index (χ0) is 27.3. The molecule has 1 aliphatic heterocycles. The van der Waals surface area contributed by atoms with Crippen LogP contribution in [0.25, 0.3) is 16.9 Å². The Bertz CT molecular complexity index is 1890. The predicted octanol–water partition coefficient (Wildman–Crippen LogP) is 3.24. The second-order valence-electron chi connectivity index (χ2n) is 10.1. The van der Waals surface area contributed by atoms with Crippen LogP contribution in [0.1, 0.15) is 16.7 Å². The molecule has 3 heterocycles. The lowest BCUT2D eigenvalue weighted by atomic mass is 9.97. The van der Waals surface area contributed by atoms with E-state index >= 15 is 0 Å². The molecule has 40 heavy (non-hydrogen) atoms. The van der Waals surface area contributed by atoms with Crippen LogP contribution in [0.4, 0.5) is 5.69 Å². The number of carbonyl (C=O) groups is 2. The molecule has 2 aliphatic rings. The Balaban J connectivity index is 1.13. The van der Waals surface area contributed by atoms with E-state index in [4.69, 9.17) is 4.99 Å². The fourth-order valence-corrected chi connectivity index (χ4v) is 5.63. The van der Waals surface area contributed by atoms with E-state index in [9.17, 15) is 14.4 Å². The highest BCUT2D eigenvalue weighted by Crippen LogP contribution is 2.37. The molecule has 2 amide bonds. The van der Waals surface area contributed by atoms with Gasteiger partial charge >= 0.3 is 5.69 Å². The Morgan fingerprint density at radius 1 is 0.875 bits per heavy atom. The summed E-state index contributed by atoms with van der Waals surface area (Å²) in [4.78, 5) is 48.7. The van der Waals surface area contributed by atoms with Gasteiger partial charge in [-0.05, 0) is 47.5 Å². The largest absolute Gasteiger partial charge is 0.335 e. The van der Waals surface area contributed by atoms with Crippen LogP contribution in [0.3, 0.4) is 0 Å². The van der Waals surface area contributed by atoms with Crippen LogP contribution in [0.5, 0.6) is 0 Å². The quantitative estimate of drug-likeness (QED) is 0.365. The van der Waals surface area contributed by atoms with Gasteiger partial charge in [-0.2, -0.15) is 0 Å². The third-order valence-electron chi connectivity index (χ3n) is 7.50. The number of nitrogens with one attached hydrogen (secondary N) is 2. The topological polar surface area (TPSA) is 110 Å². The number of amidine groups is 1. The first kappa shape index (κ1) is 23.8. The van der Waals surface area contributed by atoms with E-state index in [1.807, 2.05) is 78.9 Å². The molecule has 2 N–H and O–H groups in total. The lowest BCUT2D eigenvalue weighted by Crippen LogP contribution is -2.40. The molecule has 9 heteroatoms. The van der Waals surface area contributed by atoms with Crippen molar-refractivity contribution in [2.45, 2.75) is 24.9 Å². The number of nitrogens with zero attached hydrogens (tertiary/aromatic N) is 4. The normalized spacial score (nSPS) is 17.6. The number of benzene rings is 3. The van der Waals surface area contributed by atoms with Gasteiger partial charge in [0, 0.05) is 30.3 Å². The summed E-state index contributed by atoms with van der Waals surface area (Å²) >= 11 is 0. The number of para-hydroxylation sites is 2. The van der Waals surface area contributed by atoms with Gasteiger partial charge < -0.3 is 10.6 Å². The molecule has 1 aliphatic carbocycles. The van der Waals surface area contributed by atoms with Crippen LogP contribution >= 0.6 is 0 Å². The van der Waals surface area contributed by atoms with E-state index in [-0.39, 0.29) is 24.0 Å². The van der Waals surface area contributed by atoms with E-state index in [0.717, 1.165) is 16.7 Å². The van der Waals surface area contributed by atoms with Gasteiger partial charge in [-0.1, -0.05) is 54.6 Å². The maximum absolute atomic E-state index is 13.4. The standard InChI is InChI=1S/C31H24N6O3/c38-27(19-36-24-10-4-5-11-25(24)37(30(36)40)26-12-6-7-15-32-26)33-23-14-13-21-17-31(18-22(21)16-23)29(39)34-28(35-31)20-8-2-1-3-9-20/h1-16H,17-19H2,(H,33,38)(H,34,35,39)/t31-/m1/s1. The molecule has 196 valence electrons. The fraction of sp³-hybridized carbons (Fsp3) is 0.129. The van der Waals surface area contributed by atoms with Crippen LogP contribution in [0.2, 0.25) is 0 Å². The summed E-state index contributed by atoms with van der Waals surface area (Å²) < 4.78 is 2.96. The van der Waals surface area contributed by atoms with Gasteiger partial charge in [0.1, 0.15) is 23.7 Å². The Kier molecular flexibility index (Phi) is 5.45. The van der Waals surface area contributed by atoms with E-state index < -0.39 is 5.54 Å². The Morgan fingerprint density at radius 3 is 2.42 bits per heavy atom. The number of anilines is 1. The van der Waals surface area contributed by atoms with Crippen molar-refractivity contribution in [3.63, 3.8) is 0 Å². The van der Waals surface area contributed by atoms with Crippen molar-refractivity contribution in [3.8, 4) is 5.82 Å². The van der Waals surface area contributed by atoms with Crippen LogP contribution in [-0.4, -0.2) is 37.3 Å². The second kappa shape index (κ2) is 9.16. The molecule has 2 aromatic heterocycles. The van der Waals surface area contributed by atoms with Crippen molar-refractivity contribution in [2.75, 3.05) is 5.32 Å². The molecular formula is C31H24N6O3. The number of aromatic nitrogens is 3. The summed E-state index contributed by atoms with van der Waals surface area (Å²) in [6.45, 7) is -0.159. The molecule has 3 aromatic carbocycles. The van der Waals surface area contributed by atoms with Crippen molar-refractivity contribution in [1.82, 2.24) is 19.4 Å². The second-order valence-corrected chi connectivity index (χ2v) is 10.1. The fourth-order valence-electron chi connectivity index (χ4n) is 5.63. The minimum atomic E-state index is -0.878. The van der Waals surface area contributed by atoms with E-state index in [1.165, 1.54) is 9.13 Å². The molecule has 7 rings (SSSR count). The smallest absolute Gasteiger partial charge is 0.325 e. The summed E-state index contributed by atoms with van der Waals surface area (Å²) in [5, 5.41) is 5.87. The van der Waals surface area contributed by atoms with Crippen LogP contribution < -0.4 is 16.3 Å². The molecule has 0 bridgehead atoms. The third kappa shape index (κ3) is 3.90. The van der Waals surface area contributed by atoms with Gasteiger partial charge in [0.25, 0.3) is 5.91 Å². The summed E-state index contributed by atoms with van der Waals surface area (Å²) in [6, 6.07) is 27.9. The summed E-state index contributed by atoms with van der Waals surface area (Å²) in [5.41, 5.74) is 3.57. The first-order valence-corrected chi connectivity index (χ1v) is 13.0. The number of amides is 2. The van der Waals surface area contributed by atoms with Crippen molar-refractivity contribution >= 4 is 34.4 Å². The Morgan fingerprint density at radius 2 is 1.62 bits per heavy atom. The van der Waals surface area contributed by atoms with E-state index in [0.29, 0.717) is 41.2 Å². The van der Waals surface area contributed by atoms with Gasteiger partial charge in [0.05, 0.1) is 11.0 Å². The number of hydrogen-bond donors (Lipinski definition) is 2. The number of carbonyl (C=O) groups excluding carboxylic acids is 2. The molecule has 0 fully saturated rings. The monoisotopic (exact) mass is 528 g/mol. The minimum absolute atomic E-state index is 0.114. The van der Waals surface area contributed by atoms with Crippen molar-refractivity contribution in [3.05, 3.63) is 124 Å². The number of hydrogen-bond acceptors (Lipinski definition) is 5. The summed E-state index contributed by atoms with van der Waals surface area (Å²) in [5.74, 6) is 0.630. The van der Waals surface area contributed by atoms with E-state index in [2.05, 4.69) is 15.6 Å². The van der Waals surface area contributed by atoms with E-state index in [1.54, 1.807) is 18.3 Å². The number of aliphatic imine (C=N–C) groups is 1. The van der Waals surface area contributed by atoms with Gasteiger partial charge in [-0.15, -0.1) is 0 Å². The Labute approximate surface area is 228 Å². The van der Waals surface area contributed by atoms with Gasteiger partial charge in [-0.25, -0.2) is 14.3 Å². The van der Waals surface area contributed by atoms with Crippen LogP contribution in [0, 0.1) is 0 Å². The number of fused-ring (bicyclic) bond motifs is 2. The van der Waals surface area contributed by atoms with Crippen molar-refractivity contribution < 1.29 is 9.59 Å². The minimum Gasteiger partial charge on any atom is -0.325 e. The lowest BCUT2D eigenvalue weighted by Gasteiger charge is -2.14. The Hall–Kier alpha value is -5.31. The van der Waals surface area contributed by atoms with Gasteiger partial charge in [0.15, 0.2) is 0 Å². The molecule has 9 nitrogen and oxygen atoms in total. The lowest BCUT2D eigenvalue weighted by molar-refractivity contribution is -0.123. The molecule has 1 spiro atoms. The highest BCUT2D eigenvalue weighted by atomic mass is 16.2. The number of imidazole rings is 1. The first-order chi connectivity index (χ1) is 19.5. The zero-order valence-corrected chi connectivity index (χ0v) is 21.4. The molecule has 0 saturated heterocycles. The van der Waals surface area contributed by atoms with Gasteiger partial charge in [0.2, 0.25) is 5.91 Å². The molecule has 0 unspecified atom stereocenters. The maximum atomic E-state index is 13.4. The number of rotatable bonds is 5. The van der Waals surface area contributed by atoms with Crippen LogP contribution in [0.15, 0.2) is 107 Å². The van der Waals surface area contributed by atoms with Crippen LogP contribution in [-0.2, 0) is 29.0 Å².